The van der Waals surface area contributed by atoms with Gasteiger partial charge in [0.25, 0.3) is 0 Å². The van der Waals surface area contributed by atoms with Gasteiger partial charge < -0.3 is 4.90 Å². The van der Waals surface area contributed by atoms with Crippen LogP contribution in [0.3, 0.4) is 0 Å². The van der Waals surface area contributed by atoms with Crippen molar-refractivity contribution < 1.29 is 0 Å². The van der Waals surface area contributed by atoms with Crippen LogP contribution in [0.15, 0.2) is 222 Å². The van der Waals surface area contributed by atoms with E-state index in [1.165, 1.54) is 83.5 Å². The minimum atomic E-state index is 0.808. The van der Waals surface area contributed by atoms with Gasteiger partial charge in [0.05, 0.1) is 0 Å². The predicted octanol–water partition coefficient (Wildman–Crippen LogP) is 17.0. The maximum absolute atomic E-state index is 2.43. The summed E-state index contributed by atoms with van der Waals surface area (Å²) >= 11 is 5.62. The van der Waals surface area contributed by atoms with E-state index in [1.54, 1.807) is 0 Å². The van der Waals surface area contributed by atoms with E-state index in [4.69, 9.17) is 0 Å². The molecule has 0 aliphatic rings. The molecule has 0 N–H and O–H groups in total. The van der Waals surface area contributed by atoms with E-state index in [9.17, 15) is 0 Å². The Morgan fingerprint density at radius 1 is 0.407 bits per heavy atom. The van der Waals surface area contributed by atoms with Crippen LogP contribution in [0.1, 0.15) is 11.1 Å². The molecule has 59 heavy (non-hydrogen) atoms. The van der Waals surface area contributed by atoms with Crippen LogP contribution in [-0.4, -0.2) is 0 Å². The number of benzene rings is 9. The highest BCUT2D eigenvalue weighted by molar-refractivity contribution is 7.99. The number of anilines is 3. The summed E-state index contributed by atoms with van der Waals surface area (Å²) in [5, 5.41) is 5.28. The molecule has 0 atom stereocenters. The van der Waals surface area contributed by atoms with Crippen molar-refractivity contribution >= 4 is 91.8 Å². The molecule has 9 aromatic carbocycles. The minimum absolute atomic E-state index is 0.808. The zero-order valence-electron chi connectivity index (χ0n) is 32.1. The van der Waals surface area contributed by atoms with Gasteiger partial charge >= 0.3 is 0 Å². The molecule has 4 heteroatoms. The van der Waals surface area contributed by atoms with Gasteiger partial charge in [0.2, 0.25) is 0 Å². The van der Waals surface area contributed by atoms with Crippen LogP contribution in [-0.2, 0) is 6.42 Å². The Hall–Kier alpha value is -6.43. The van der Waals surface area contributed by atoms with Crippen LogP contribution in [0.5, 0.6) is 0 Å². The maximum Gasteiger partial charge on any atom is 0.0464 e. The molecule has 0 saturated carbocycles. The highest BCUT2D eigenvalue weighted by atomic mass is 32.2. The van der Waals surface area contributed by atoms with Crippen molar-refractivity contribution in [2.75, 3.05) is 4.90 Å². The van der Waals surface area contributed by atoms with Crippen LogP contribution in [0.2, 0.25) is 0 Å². The summed E-state index contributed by atoms with van der Waals surface area (Å²) in [6.07, 6.45) is 0.808. The SMILES string of the molecule is c1ccc(Cc2cc(N(c3ccccc3)c3ccc(-c4ccc5c(c4)sc4ccccc45)cc3)ccc2-c2c(Sc3ccccc3)ccc3c2sc2ccccc23)cc1. The van der Waals surface area contributed by atoms with E-state index < -0.39 is 0 Å². The molecule has 0 amide bonds. The lowest BCUT2D eigenvalue weighted by molar-refractivity contribution is 1.18. The van der Waals surface area contributed by atoms with Crippen LogP contribution in [0.4, 0.5) is 17.1 Å². The van der Waals surface area contributed by atoms with Crippen molar-refractivity contribution in [3.05, 3.63) is 223 Å². The van der Waals surface area contributed by atoms with Crippen molar-refractivity contribution in [3.63, 3.8) is 0 Å². The number of para-hydroxylation sites is 1. The first-order valence-corrected chi connectivity index (χ1v) is 22.4. The van der Waals surface area contributed by atoms with E-state index in [2.05, 4.69) is 217 Å². The third-order valence-corrected chi connectivity index (χ3v) is 14.6. The second kappa shape index (κ2) is 15.4. The highest BCUT2D eigenvalue weighted by Crippen LogP contribution is 2.48. The number of hydrogen-bond acceptors (Lipinski definition) is 4. The zero-order chi connectivity index (χ0) is 39.1. The Morgan fingerprint density at radius 3 is 1.75 bits per heavy atom. The largest absolute Gasteiger partial charge is 0.310 e. The van der Waals surface area contributed by atoms with Gasteiger partial charge in [-0.2, -0.15) is 0 Å². The molecule has 0 fully saturated rings. The number of rotatable bonds is 9. The lowest BCUT2D eigenvalue weighted by Crippen LogP contribution is -2.10. The number of fused-ring (bicyclic) bond motifs is 6. The summed E-state index contributed by atoms with van der Waals surface area (Å²) < 4.78 is 5.30. The summed E-state index contributed by atoms with van der Waals surface area (Å²) in [5.41, 5.74) is 11.0. The normalized spacial score (nSPS) is 11.5. The van der Waals surface area contributed by atoms with E-state index in [1.807, 2.05) is 34.4 Å². The van der Waals surface area contributed by atoms with Crippen LogP contribution in [0.25, 0.3) is 62.6 Å². The molecule has 11 aromatic rings. The van der Waals surface area contributed by atoms with Gasteiger partial charge in [0, 0.05) is 72.8 Å². The van der Waals surface area contributed by atoms with Crippen molar-refractivity contribution in [2.45, 2.75) is 16.2 Å². The first kappa shape index (κ1) is 35.7. The maximum atomic E-state index is 2.43. The standard InChI is InChI=1S/C55H37NS3/c1-4-14-37(15-5-1)34-40-35-43(29-31-45(40)54-52(57-44-18-8-3-9-19-44)33-32-49-47-21-11-13-23-51(47)59-55(49)54)56(41-16-6-2-7-17-41)42-27-24-38(25-28-42)39-26-30-48-46-20-10-12-22-50(46)58-53(48)36-39/h1-33,35-36H,34H2. The van der Waals surface area contributed by atoms with E-state index >= 15 is 0 Å². The molecule has 0 unspecified atom stereocenters. The summed E-state index contributed by atoms with van der Waals surface area (Å²) in [5.74, 6) is 0. The molecule has 2 aromatic heterocycles. The van der Waals surface area contributed by atoms with Crippen molar-refractivity contribution in [1.82, 2.24) is 0 Å². The summed E-state index contributed by atoms with van der Waals surface area (Å²) in [4.78, 5) is 4.90. The Labute approximate surface area is 356 Å². The van der Waals surface area contributed by atoms with Gasteiger partial charge in [-0.15, -0.1) is 22.7 Å². The van der Waals surface area contributed by atoms with Crippen LogP contribution in [0, 0.1) is 0 Å². The Morgan fingerprint density at radius 2 is 0.983 bits per heavy atom. The summed E-state index contributed by atoms with van der Waals surface area (Å²) in [6.45, 7) is 0. The van der Waals surface area contributed by atoms with Gasteiger partial charge in [-0.05, 0) is 107 Å². The van der Waals surface area contributed by atoms with Gasteiger partial charge in [0.1, 0.15) is 0 Å². The Kier molecular flexibility index (Phi) is 9.32. The highest BCUT2D eigenvalue weighted by Gasteiger charge is 2.21. The fourth-order valence-corrected chi connectivity index (χ4v) is 11.9. The molecule has 0 saturated heterocycles. The molecule has 0 radical (unpaired) electrons. The fourth-order valence-electron chi connectivity index (χ4n) is 8.38. The van der Waals surface area contributed by atoms with Gasteiger partial charge in [-0.1, -0.05) is 151 Å². The molecule has 0 aliphatic heterocycles. The first-order chi connectivity index (χ1) is 29.2. The third kappa shape index (κ3) is 6.79. The second-order valence-corrected chi connectivity index (χ2v) is 18.1. The Bertz CT molecular complexity index is 3260. The first-order valence-electron chi connectivity index (χ1n) is 19.9. The van der Waals surface area contributed by atoms with Crippen molar-refractivity contribution in [1.29, 1.82) is 0 Å². The number of hydrogen-bond donors (Lipinski definition) is 0. The molecule has 0 spiro atoms. The molecule has 2 heterocycles. The van der Waals surface area contributed by atoms with E-state index in [-0.39, 0.29) is 0 Å². The van der Waals surface area contributed by atoms with Gasteiger partial charge in [-0.3, -0.25) is 0 Å². The van der Waals surface area contributed by atoms with Gasteiger partial charge in [0.15, 0.2) is 0 Å². The average Bonchev–Trinajstić information content (AvgIpc) is 3.86. The number of nitrogens with zero attached hydrogens (tertiary/aromatic N) is 1. The minimum Gasteiger partial charge on any atom is -0.310 e. The summed E-state index contributed by atoms with van der Waals surface area (Å²) in [7, 11) is 0. The fraction of sp³-hybridized carbons (Fsp3) is 0.0182. The number of thiophene rings is 2. The average molecular weight is 808 g/mol. The lowest BCUT2D eigenvalue weighted by Gasteiger charge is -2.27. The third-order valence-electron chi connectivity index (χ3n) is 11.2. The monoisotopic (exact) mass is 807 g/mol. The topological polar surface area (TPSA) is 3.24 Å². The molecular weight excluding hydrogens is 771 g/mol. The molecule has 0 bridgehead atoms. The molecule has 0 aliphatic carbocycles. The molecule has 11 rings (SSSR count). The molecule has 280 valence electrons. The lowest BCUT2D eigenvalue weighted by atomic mass is 9.93. The smallest absolute Gasteiger partial charge is 0.0464 e. The van der Waals surface area contributed by atoms with Crippen molar-refractivity contribution in [2.24, 2.45) is 0 Å². The molecular formula is C55H37NS3. The van der Waals surface area contributed by atoms with E-state index in [0.717, 1.165) is 23.5 Å². The Balaban J connectivity index is 1.06. The second-order valence-electron chi connectivity index (χ2n) is 14.9. The van der Waals surface area contributed by atoms with Gasteiger partial charge in [-0.25, -0.2) is 0 Å². The van der Waals surface area contributed by atoms with E-state index in [0.29, 0.717) is 0 Å². The van der Waals surface area contributed by atoms with Crippen LogP contribution >= 0.6 is 34.4 Å². The van der Waals surface area contributed by atoms with Crippen LogP contribution < -0.4 is 4.90 Å². The molecule has 1 nitrogen and oxygen atoms in total. The zero-order valence-corrected chi connectivity index (χ0v) is 34.5. The quantitative estimate of drug-likeness (QED) is 0.143. The predicted molar refractivity (Wildman–Crippen MR) is 258 cm³/mol. The van der Waals surface area contributed by atoms with Crippen molar-refractivity contribution in [3.8, 4) is 22.3 Å². The summed E-state index contributed by atoms with van der Waals surface area (Å²) in [6, 6.07) is 77.8.